The molecular formula is C39H40F3N5O8S2. The first-order valence-corrected chi connectivity index (χ1v) is 21.3. The molecule has 3 N–H and O–H groups in total. The van der Waals surface area contributed by atoms with E-state index in [1.165, 1.54) is 11.3 Å². The van der Waals surface area contributed by atoms with Crippen molar-refractivity contribution in [2.45, 2.75) is 99.9 Å². The van der Waals surface area contributed by atoms with Gasteiger partial charge in [0.05, 0.1) is 22.4 Å². The van der Waals surface area contributed by atoms with E-state index in [2.05, 4.69) is 10.0 Å². The van der Waals surface area contributed by atoms with Gasteiger partial charge in [-0.2, -0.15) is 13.2 Å². The maximum atomic E-state index is 14.4. The van der Waals surface area contributed by atoms with Crippen LogP contribution in [0.2, 0.25) is 0 Å². The highest BCUT2D eigenvalue weighted by Crippen LogP contribution is 2.46. The number of ether oxygens (including phenoxy) is 1. The van der Waals surface area contributed by atoms with E-state index in [1.807, 2.05) is 48.6 Å². The number of carbonyl (C=O) groups is 4. The van der Waals surface area contributed by atoms with Gasteiger partial charge in [0.25, 0.3) is 5.91 Å². The molecule has 1 saturated heterocycles. The van der Waals surface area contributed by atoms with Gasteiger partial charge in [-0.25, -0.2) is 13.4 Å². The number of fused-ring (bicyclic) bond motifs is 5. The molecule has 4 amide bonds. The lowest BCUT2D eigenvalue weighted by Gasteiger charge is -2.30. The lowest BCUT2D eigenvalue weighted by molar-refractivity contribution is -0.175. The number of carbonyl (C=O) groups excluding carboxylic acids is 4. The molecule has 3 fully saturated rings. The molecule has 0 unspecified atom stereocenters. The van der Waals surface area contributed by atoms with Crippen LogP contribution in [0.15, 0.2) is 59.0 Å². The third-order valence-corrected chi connectivity index (χ3v) is 13.8. The number of thiophene rings is 1. The van der Waals surface area contributed by atoms with Crippen molar-refractivity contribution in [1.82, 2.24) is 25.2 Å². The van der Waals surface area contributed by atoms with E-state index in [4.69, 9.17) is 14.1 Å². The van der Waals surface area contributed by atoms with Gasteiger partial charge < -0.3 is 24.7 Å². The van der Waals surface area contributed by atoms with Gasteiger partial charge in [-0.3, -0.25) is 23.9 Å². The fraction of sp³-hybridized carbons (Fsp3) is 0.462. The Morgan fingerprint density at radius 1 is 1.09 bits per heavy atom. The molecule has 0 spiro atoms. The summed E-state index contributed by atoms with van der Waals surface area (Å²) in [5.41, 5.74) is 0.306. The van der Waals surface area contributed by atoms with Gasteiger partial charge in [-0.15, -0.1) is 11.3 Å². The van der Waals surface area contributed by atoms with Crippen molar-refractivity contribution in [1.29, 1.82) is 0 Å². The van der Waals surface area contributed by atoms with Crippen LogP contribution in [0.25, 0.3) is 32.6 Å². The Hall–Kier alpha value is -4.97. The highest BCUT2D eigenvalue weighted by molar-refractivity contribution is 7.91. The second-order valence-corrected chi connectivity index (χ2v) is 18.5. The fourth-order valence-corrected chi connectivity index (χ4v) is 9.90. The minimum Gasteiger partial charge on any atom is -0.484 e. The predicted octanol–water partition coefficient (Wildman–Crippen LogP) is 5.42. The largest absolute Gasteiger partial charge is 0.484 e. The lowest BCUT2D eigenvalue weighted by atomic mass is 10.0. The van der Waals surface area contributed by atoms with E-state index in [1.54, 1.807) is 18.2 Å². The zero-order chi connectivity index (χ0) is 40.3. The number of furan rings is 1. The van der Waals surface area contributed by atoms with Crippen molar-refractivity contribution in [2.75, 3.05) is 6.54 Å². The third-order valence-electron chi connectivity index (χ3n) is 11.0. The molecule has 8 rings (SSSR count). The maximum Gasteiger partial charge on any atom is 0.471 e. The Bertz CT molecular complexity index is 2410. The highest BCUT2D eigenvalue weighted by Gasteiger charge is 2.62. The van der Waals surface area contributed by atoms with Crippen LogP contribution in [0.3, 0.4) is 0 Å². The number of amides is 4. The number of nitrogens with one attached hydrogen (secondary N) is 3. The van der Waals surface area contributed by atoms with Crippen molar-refractivity contribution in [3.05, 3.63) is 59.5 Å². The number of hydrogen-bond donors (Lipinski definition) is 3. The molecule has 13 nitrogen and oxygen atoms in total. The average Bonchev–Trinajstić information content (AvgIpc) is 4.00. The molecule has 2 saturated carbocycles. The van der Waals surface area contributed by atoms with Crippen LogP contribution in [-0.2, 0) is 29.2 Å². The summed E-state index contributed by atoms with van der Waals surface area (Å²) in [6, 6.07) is 9.86. The first-order valence-electron chi connectivity index (χ1n) is 18.9. The summed E-state index contributed by atoms with van der Waals surface area (Å²) in [5, 5.41) is 4.62. The van der Waals surface area contributed by atoms with E-state index in [0.29, 0.717) is 60.9 Å². The molecule has 0 radical (unpaired) electrons. The van der Waals surface area contributed by atoms with Crippen molar-refractivity contribution < 1.29 is 49.9 Å². The summed E-state index contributed by atoms with van der Waals surface area (Å²) in [5.74, 6) is -5.22. The molecule has 3 aromatic heterocycles. The van der Waals surface area contributed by atoms with Gasteiger partial charge in [0.1, 0.15) is 34.8 Å². The zero-order valence-electron chi connectivity index (χ0n) is 30.8. The number of halogens is 3. The summed E-state index contributed by atoms with van der Waals surface area (Å²) < 4.78 is 81.2. The minimum absolute atomic E-state index is 0.0954. The van der Waals surface area contributed by atoms with E-state index in [-0.39, 0.29) is 31.6 Å². The van der Waals surface area contributed by atoms with Gasteiger partial charge in [0.2, 0.25) is 21.8 Å². The predicted molar refractivity (Wildman–Crippen MR) is 203 cm³/mol. The van der Waals surface area contributed by atoms with Crippen molar-refractivity contribution in [3.8, 4) is 16.3 Å². The fourth-order valence-electron chi connectivity index (χ4n) is 7.71. The van der Waals surface area contributed by atoms with Crippen LogP contribution in [0.4, 0.5) is 13.2 Å². The van der Waals surface area contributed by atoms with Crippen LogP contribution in [0, 0.1) is 12.8 Å². The smallest absolute Gasteiger partial charge is 0.471 e. The summed E-state index contributed by atoms with van der Waals surface area (Å²) in [6.45, 7) is 1.69. The van der Waals surface area contributed by atoms with Crippen molar-refractivity contribution in [3.63, 3.8) is 0 Å². The van der Waals surface area contributed by atoms with Gasteiger partial charge in [0.15, 0.2) is 11.3 Å². The quantitative estimate of drug-likeness (QED) is 0.206. The number of rotatable bonds is 7. The topological polar surface area (TPSA) is 177 Å². The summed E-state index contributed by atoms with van der Waals surface area (Å²) in [6.07, 6.45) is -0.0465. The molecule has 2 aliphatic heterocycles. The van der Waals surface area contributed by atoms with Gasteiger partial charge >= 0.3 is 12.1 Å². The first-order chi connectivity index (χ1) is 27.1. The molecule has 4 aliphatic rings. The standard InChI is InChI=1S/C39H40F3N5O8S2/c1-21-13-16-31(56-21)27-18-30(33-32(43-27)25-10-7-8-12-29(25)55-33)54-23-17-28-34(48)45-38(36(50)46-57(52,53)24-14-15-24)19-22(38)9-5-3-2-4-6-11-26(35(49)47(28)20-23)44-37(51)39(40,41)42/h5,7-10,12-13,16,18,22-24,26,28H,2-4,6,11,14-15,17,19-20H2,1H3,(H,44,51)(H,45,48)(H,46,50)/t22-,23-,26+,28+,38-/m1/s1. The van der Waals surface area contributed by atoms with Gasteiger partial charge in [-0.05, 0) is 69.7 Å². The van der Waals surface area contributed by atoms with Gasteiger partial charge in [0, 0.05) is 28.7 Å². The van der Waals surface area contributed by atoms with E-state index >= 15 is 0 Å². The van der Waals surface area contributed by atoms with E-state index in [9.17, 15) is 40.8 Å². The van der Waals surface area contributed by atoms with Crippen LogP contribution >= 0.6 is 11.3 Å². The molecule has 302 valence electrons. The SMILES string of the molecule is Cc1ccc(-c2cc(O[C@@H]3C[C@H]4C(=O)N[C@]5(C(=O)NS(=O)(=O)C6CC6)C[C@H]5C=CCCCCC[C@H](NC(=O)C(F)(F)F)C(=O)N4C3)c3oc4ccccc4c3n2)s1. The van der Waals surface area contributed by atoms with E-state index in [0.717, 1.165) is 20.0 Å². The number of allylic oxidation sites excluding steroid dienone is 1. The molecule has 5 atom stereocenters. The zero-order valence-corrected chi connectivity index (χ0v) is 32.4. The number of aromatic nitrogens is 1. The lowest BCUT2D eigenvalue weighted by Crippen LogP contribution is -2.58. The second kappa shape index (κ2) is 14.8. The van der Waals surface area contributed by atoms with Gasteiger partial charge in [-0.1, -0.05) is 37.1 Å². The number of aryl methyl sites for hydroxylation is 1. The molecule has 1 aromatic carbocycles. The third kappa shape index (κ3) is 7.85. The number of sulfonamides is 1. The minimum atomic E-state index is -5.27. The Morgan fingerprint density at radius 2 is 1.88 bits per heavy atom. The number of benzene rings is 1. The van der Waals surface area contributed by atoms with Crippen LogP contribution in [-0.4, -0.2) is 83.6 Å². The van der Waals surface area contributed by atoms with Crippen LogP contribution in [0.1, 0.15) is 62.7 Å². The summed E-state index contributed by atoms with van der Waals surface area (Å²) in [4.78, 5) is 62.5. The molecule has 0 bridgehead atoms. The molecule has 2 aliphatic carbocycles. The molecular weight excluding hydrogens is 788 g/mol. The number of para-hydroxylation sites is 1. The van der Waals surface area contributed by atoms with Crippen molar-refractivity contribution in [2.24, 2.45) is 5.92 Å². The summed E-state index contributed by atoms with van der Waals surface area (Å²) in [7, 11) is -3.99. The second-order valence-electron chi connectivity index (χ2n) is 15.2. The molecule has 57 heavy (non-hydrogen) atoms. The van der Waals surface area contributed by atoms with Crippen LogP contribution < -0.4 is 20.1 Å². The number of nitrogens with zero attached hydrogens (tertiary/aromatic N) is 2. The Morgan fingerprint density at radius 3 is 2.61 bits per heavy atom. The maximum absolute atomic E-state index is 14.4. The Kier molecular flexibility index (Phi) is 10.1. The average molecular weight is 828 g/mol. The van der Waals surface area contributed by atoms with Crippen LogP contribution in [0.5, 0.6) is 5.75 Å². The highest BCUT2D eigenvalue weighted by atomic mass is 32.2. The normalized spacial score (nSPS) is 25.9. The Balaban J connectivity index is 1.15. The monoisotopic (exact) mass is 827 g/mol. The van der Waals surface area contributed by atoms with Crippen molar-refractivity contribution >= 4 is 67.1 Å². The Labute approximate surface area is 329 Å². The van der Waals surface area contributed by atoms with E-state index < -0.39 is 74.7 Å². The number of pyridine rings is 1. The molecule has 5 heterocycles. The first kappa shape index (κ1) is 38.9. The number of alkyl halides is 3. The number of hydrogen-bond acceptors (Lipinski definition) is 10. The summed E-state index contributed by atoms with van der Waals surface area (Å²) >= 11 is 1.52. The molecule has 18 heteroatoms. The molecule has 4 aromatic rings.